The van der Waals surface area contributed by atoms with Gasteiger partial charge in [0.2, 0.25) is 0 Å². The average Bonchev–Trinajstić information content (AvgIpc) is 2.78. The average molecular weight is 444 g/mol. The van der Waals surface area contributed by atoms with Gasteiger partial charge in [-0.15, -0.1) is 9.24 Å². The summed E-state index contributed by atoms with van der Waals surface area (Å²) < 4.78 is 6.17. The zero-order chi connectivity index (χ0) is 23.1. The van der Waals surface area contributed by atoms with Crippen LogP contribution < -0.4 is 0 Å². The molecule has 172 valence electrons. The van der Waals surface area contributed by atoms with Crippen molar-refractivity contribution in [3.63, 3.8) is 0 Å². The Morgan fingerprint density at radius 3 is 2.03 bits per heavy atom. The Balaban J connectivity index is 0.000000703. The Labute approximate surface area is 192 Å². The smallest absolute Gasteiger partial charge is 0.306 e. The molecular weight excluding hydrogens is 401 g/mol. The number of esters is 1. The van der Waals surface area contributed by atoms with Crippen molar-refractivity contribution in [3.8, 4) is 0 Å². The van der Waals surface area contributed by atoms with Crippen LogP contribution in [0.2, 0.25) is 0 Å². The Bertz CT molecular complexity index is 717. The number of rotatable bonds is 11. The van der Waals surface area contributed by atoms with Gasteiger partial charge in [0.25, 0.3) is 0 Å². The Morgan fingerprint density at radius 2 is 1.58 bits per heavy atom. The normalized spacial score (nSPS) is 13.6. The van der Waals surface area contributed by atoms with Gasteiger partial charge in [0, 0.05) is 25.3 Å². The van der Waals surface area contributed by atoms with Crippen molar-refractivity contribution < 1.29 is 9.53 Å². The summed E-state index contributed by atoms with van der Waals surface area (Å²) >= 11 is 0. The molecular formula is C27H42NO2P. The van der Waals surface area contributed by atoms with Crippen molar-refractivity contribution >= 4 is 15.2 Å². The minimum atomic E-state index is -0.681. The fourth-order valence-electron chi connectivity index (χ4n) is 3.74. The van der Waals surface area contributed by atoms with Crippen molar-refractivity contribution in [2.24, 2.45) is 5.92 Å². The van der Waals surface area contributed by atoms with Gasteiger partial charge in [0.05, 0.1) is 0 Å². The molecule has 0 fully saturated rings. The largest absolute Gasteiger partial charge is 0.453 e. The second-order valence-electron chi connectivity index (χ2n) is 8.40. The van der Waals surface area contributed by atoms with Gasteiger partial charge in [-0.1, -0.05) is 94.3 Å². The number of benzene rings is 2. The summed E-state index contributed by atoms with van der Waals surface area (Å²) in [6, 6.07) is 20.4. The fraction of sp³-hybridized carbons (Fsp3) is 0.519. The third-order valence-electron chi connectivity index (χ3n) is 5.40. The highest BCUT2D eigenvalue weighted by Crippen LogP contribution is 2.38. The number of carbonyl (C=O) groups excluding carboxylic acids is 1. The molecule has 2 aromatic rings. The molecule has 31 heavy (non-hydrogen) atoms. The molecule has 0 bridgehead atoms. The summed E-state index contributed by atoms with van der Waals surface area (Å²) in [6.07, 6.45) is 6.42. The molecule has 3 atom stereocenters. The molecule has 0 radical (unpaired) electrons. The van der Waals surface area contributed by atoms with Crippen molar-refractivity contribution in [3.05, 3.63) is 71.8 Å². The number of nitrogens with zero attached hydrogens (tertiary/aromatic N) is 1. The first-order chi connectivity index (χ1) is 14.9. The fourth-order valence-corrected chi connectivity index (χ4v) is 4.03. The molecule has 2 rings (SSSR count). The highest BCUT2D eigenvalue weighted by Gasteiger charge is 2.42. The van der Waals surface area contributed by atoms with E-state index in [4.69, 9.17) is 4.74 Å². The lowest BCUT2D eigenvalue weighted by molar-refractivity contribution is -0.168. The monoisotopic (exact) mass is 443 g/mol. The molecule has 0 aliphatic heterocycles. The van der Waals surface area contributed by atoms with Gasteiger partial charge in [-0.3, -0.25) is 4.79 Å². The summed E-state index contributed by atoms with van der Waals surface area (Å²) in [6.45, 7) is 7.06. The van der Waals surface area contributed by atoms with Crippen LogP contribution in [0.5, 0.6) is 0 Å². The molecule has 0 spiro atoms. The summed E-state index contributed by atoms with van der Waals surface area (Å²) in [5.41, 5.74) is 1.54. The lowest BCUT2D eigenvalue weighted by Crippen LogP contribution is -2.44. The standard InChI is InChI=1S/C22H29NO2.C5H13P/c1-5-21(24)25-22(18(2)17-23(3)4,20-14-10-7-11-15-20)16-19-12-8-6-9-13-19;1-2-3-4-5-6/h6-15,18H,5,16-17H2,1-4H3;2-6H2,1H3. The minimum Gasteiger partial charge on any atom is -0.453 e. The van der Waals surface area contributed by atoms with Crippen LogP contribution in [0.4, 0.5) is 0 Å². The maximum atomic E-state index is 12.3. The third-order valence-corrected chi connectivity index (χ3v) is 5.81. The van der Waals surface area contributed by atoms with E-state index in [-0.39, 0.29) is 11.9 Å². The predicted octanol–water partition coefficient (Wildman–Crippen LogP) is 6.33. The number of unbranched alkanes of at least 4 members (excludes halogenated alkanes) is 2. The Kier molecular flexibility index (Phi) is 13.4. The second-order valence-corrected chi connectivity index (χ2v) is 8.98. The molecule has 2 aromatic carbocycles. The highest BCUT2D eigenvalue weighted by atomic mass is 31.0. The molecule has 0 saturated carbocycles. The van der Waals surface area contributed by atoms with Gasteiger partial charge >= 0.3 is 5.97 Å². The van der Waals surface area contributed by atoms with Crippen LogP contribution in [0.1, 0.15) is 57.6 Å². The van der Waals surface area contributed by atoms with Gasteiger partial charge in [-0.2, -0.15) is 0 Å². The molecule has 0 saturated heterocycles. The predicted molar refractivity (Wildman–Crippen MR) is 136 cm³/mol. The van der Waals surface area contributed by atoms with Crippen LogP contribution in [0, 0.1) is 5.92 Å². The molecule has 0 aromatic heterocycles. The van der Waals surface area contributed by atoms with E-state index in [0.717, 1.165) is 12.1 Å². The minimum absolute atomic E-state index is 0.139. The Hall–Kier alpha value is -1.70. The molecule has 3 nitrogen and oxygen atoms in total. The van der Waals surface area contributed by atoms with Crippen molar-refractivity contribution in [2.75, 3.05) is 26.8 Å². The Morgan fingerprint density at radius 1 is 1.00 bits per heavy atom. The van der Waals surface area contributed by atoms with E-state index >= 15 is 0 Å². The van der Waals surface area contributed by atoms with Crippen LogP contribution in [0.25, 0.3) is 0 Å². The van der Waals surface area contributed by atoms with E-state index in [9.17, 15) is 4.79 Å². The molecule has 0 aliphatic carbocycles. The van der Waals surface area contributed by atoms with Gasteiger partial charge in [-0.05, 0) is 37.8 Å². The zero-order valence-electron chi connectivity index (χ0n) is 20.1. The summed E-state index contributed by atoms with van der Waals surface area (Å²) in [5, 5.41) is 0. The molecule has 0 aliphatic rings. The van der Waals surface area contributed by atoms with E-state index in [1.54, 1.807) is 0 Å². The molecule has 0 amide bonds. The van der Waals surface area contributed by atoms with E-state index in [0.29, 0.717) is 12.8 Å². The van der Waals surface area contributed by atoms with Crippen LogP contribution in [0.3, 0.4) is 0 Å². The first kappa shape index (κ1) is 27.3. The number of hydrogen-bond acceptors (Lipinski definition) is 3. The number of hydrogen-bond donors (Lipinski definition) is 0. The van der Waals surface area contributed by atoms with Gasteiger partial charge in [0.1, 0.15) is 5.60 Å². The van der Waals surface area contributed by atoms with Crippen LogP contribution in [0.15, 0.2) is 60.7 Å². The topological polar surface area (TPSA) is 29.5 Å². The molecule has 0 heterocycles. The first-order valence-corrected chi connectivity index (χ1v) is 12.4. The lowest BCUT2D eigenvalue weighted by Gasteiger charge is -2.40. The molecule has 4 heteroatoms. The van der Waals surface area contributed by atoms with E-state index in [1.807, 2.05) is 43.3 Å². The summed E-state index contributed by atoms with van der Waals surface area (Å²) in [4.78, 5) is 14.5. The van der Waals surface area contributed by atoms with Crippen LogP contribution >= 0.6 is 9.24 Å². The molecule has 0 N–H and O–H groups in total. The van der Waals surface area contributed by atoms with Gasteiger partial charge < -0.3 is 9.64 Å². The summed E-state index contributed by atoms with van der Waals surface area (Å²) in [5.74, 6) is -0.0222. The highest BCUT2D eigenvalue weighted by molar-refractivity contribution is 7.16. The maximum Gasteiger partial charge on any atom is 0.306 e. The summed E-state index contributed by atoms with van der Waals surface area (Å²) in [7, 11) is 6.83. The van der Waals surface area contributed by atoms with Gasteiger partial charge in [0.15, 0.2) is 0 Å². The number of ether oxygens (including phenoxy) is 1. The lowest BCUT2D eigenvalue weighted by atomic mass is 9.77. The van der Waals surface area contributed by atoms with Gasteiger partial charge in [-0.25, -0.2) is 0 Å². The van der Waals surface area contributed by atoms with E-state index < -0.39 is 5.60 Å². The van der Waals surface area contributed by atoms with Crippen LogP contribution in [-0.2, 0) is 21.6 Å². The van der Waals surface area contributed by atoms with Crippen molar-refractivity contribution in [1.29, 1.82) is 0 Å². The molecule has 3 unspecified atom stereocenters. The second kappa shape index (κ2) is 15.2. The van der Waals surface area contributed by atoms with Crippen molar-refractivity contribution in [1.82, 2.24) is 4.90 Å². The third kappa shape index (κ3) is 9.54. The van der Waals surface area contributed by atoms with Crippen molar-refractivity contribution in [2.45, 2.75) is 58.5 Å². The van der Waals surface area contributed by atoms with Crippen LogP contribution in [-0.4, -0.2) is 37.7 Å². The zero-order valence-corrected chi connectivity index (χ0v) is 21.3. The number of carbonyl (C=O) groups is 1. The van der Waals surface area contributed by atoms with E-state index in [2.05, 4.69) is 66.3 Å². The quantitative estimate of drug-likeness (QED) is 0.231. The van der Waals surface area contributed by atoms with E-state index in [1.165, 1.54) is 31.0 Å². The maximum absolute atomic E-state index is 12.3. The SMILES string of the molecule is CCC(=O)OC(Cc1ccccc1)(c1ccccc1)C(C)CN(C)C.CCCCCP. The first-order valence-electron chi connectivity index (χ1n) is 11.6.